The first-order chi connectivity index (χ1) is 13.5. The molecule has 3 rings (SSSR count). The maximum absolute atomic E-state index is 13.1. The van der Waals surface area contributed by atoms with Crippen LogP contribution in [0, 0.1) is 5.82 Å². The second kappa shape index (κ2) is 9.17. The number of nitrogens with one attached hydrogen (secondary N) is 1. The summed E-state index contributed by atoms with van der Waals surface area (Å²) in [6.45, 7) is 4.17. The minimum atomic E-state index is -0.592. The number of nitrogens with zero attached hydrogens (tertiary/aromatic N) is 2. The molecule has 2 amide bonds. The Morgan fingerprint density at radius 1 is 1.00 bits per heavy atom. The van der Waals surface area contributed by atoms with E-state index in [1.807, 2.05) is 30.3 Å². The van der Waals surface area contributed by atoms with Crippen LogP contribution in [0.5, 0.6) is 0 Å². The summed E-state index contributed by atoms with van der Waals surface area (Å²) in [5.41, 5.74) is 1.87. The highest BCUT2D eigenvalue weighted by Crippen LogP contribution is 2.17. The summed E-state index contributed by atoms with van der Waals surface area (Å²) in [5, 5.41) is 2.72. The summed E-state index contributed by atoms with van der Waals surface area (Å²) in [4.78, 5) is 28.6. The summed E-state index contributed by atoms with van der Waals surface area (Å²) in [6, 6.07) is 15.3. The standard InChI is InChI=1S/C22H24FN3O2/c1-17(24-21(27)12-7-18-5-3-2-4-6-18)22(28)26-15-13-25(14-16-26)20-10-8-19(23)9-11-20/h2-12,17H,13-16H2,1H3,(H,24,27)/b12-7+. The number of benzene rings is 2. The number of hydrogen-bond donors (Lipinski definition) is 1. The molecule has 0 bridgehead atoms. The van der Waals surface area contributed by atoms with Crippen LogP contribution in [0.4, 0.5) is 10.1 Å². The first-order valence-electron chi connectivity index (χ1n) is 9.36. The number of halogens is 1. The highest BCUT2D eigenvalue weighted by Gasteiger charge is 2.25. The molecular formula is C22H24FN3O2. The largest absolute Gasteiger partial charge is 0.368 e. The Morgan fingerprint density at radius 2 is 1.64 bits per heavy atom. The van der Waals surface area contributed by atoms with Crippen molar-refractivity contribution in [2.45, 2.75) is 13.0 Å². The van der Waals surface area contributed by atoms with Crippen LogP contribution in [-0.4, -0.2) is 48.9 Å². The van der Waals surface area contributed by atoms with Crippen molar-refractivity contribution in [1.82, 2.24) is 10.2 Å². The molecule has 1 aliphatic heterocycles. The van der Waals surface area contributed by atoms with Crippen molar-refractivity contribution in [1.29, 1.82) is 0 Å². The minimum Gasteiger partial charge on any atom is -0.368 e. The van der Waals surface area contributed by atoms with Gasteiger partial charge in [-0.15, -0.1) is 0 Å². The lowest BCUT2D eigenvalue weighted by Crippen LogP contribution is -2.54. The molecule has 2 aromatic carbocycles. The van der Waals surface area contributed by atoms with Gasteiger partial charge in [-0.2, -0.15) is 0 Å². The molecule has 1 unspecified atom stereocenters. The van der Waals surface area contributed by atoms with Gasteiger partial charge in [-0.05, 0) is 42.8 Å². The average Bonchev–Trinajstić information content (AvgIpc) is 2.73. The molecule has 0 spiro atoms. The number of rotatable bonds is 5. The van der Waals surface area contributed by atoms with E-state index in [0.717, 1.165) is 11.3 Å². The van der Waals surface area contributed by atoms with Crippen molar-refractivity contribution in [2.75, 3.05) is 31.1 Å². The molecule has 1 saturated heterocycles. The second-order valence-corrected chi connectivity index (χ2v) is 6.76. The molecule has 2 aromatic rings. The molecule has 1 N–H and O–H groups in total. The van der Waals surface area contributed by atoms with E-state index in [0.29, 0.717) is 26.2 Å². The van der Waals surface area contributed by atoms with E-state index in [4.69, 9.17) is 0 Å². The lowest BCUT2D eigenvalue weighted by Gasteiger charge is -2.37. The summed E-state index contributed by atoms with van der Waals surface area (Å²) in [7, 11) is 0. The van der Waals surface area contributed by atoms with Gasteiger partial charge in [0.05, 0.1) is 0 Å². The molecule has 1 fully saturated rings. The van der Waals surface area contributed by atoms with E-state index < -0.39 is 6.04 Å². The van der Waals surface area contributed by atoms with Crippen molar-refractivity contribution >= 4 is 23.6 Å². The van der Waals surface area contributed by atoms with Gasteiger partial charge in [0.1, 0.15) is 11.9 Å². The van der Waals surface area contributed by atoms with Crippen LogP contribution in [0.25, 0.3) is 6.08 Å². The van der Waals surface area contributed by atoms with Crippen LogP contribution in [0.1, 0.15) is 12.5 Å². The lowest BCUT2D eigenvalue weighted by atomic mass is 10.2. The fraction of sp³-hybridized carbons (Fsp3) is 0.273. The highest BCUT2D eigenvalue weighted by molar-refractivity contribution is 5.95. The third kappa shape index (κ3) is 5.19. The Morgan fingerprint density at radius 3 is 2.29 bits per heavy atom. The van der Waals surface area contributed by atoms with Crippen molar-refractivity contribution in [3.63, 3.8) is 0 Å². The van der Waals surface area contributed by atoms with E-state index in [2.05, 4.69) is 10.2 Å². The lowest BCUT2D eigenvalue weighted by molar-refractivity contribution is -0.135. The van der Waals surface area contributed by atoms with Crippen LogP contribution >= 0.6 is 0 Å². The zero-order chi connectivity index (χ0) is 19.9. The zero-order valence-corrected chi connectivity index (χ0v) is 15.8. The molecule has 0 radical (unpaired) electrons. The first-order valence-corrected chi connectivity index (χ1v) is 9.36. The van der Waals surface area contributed by atoms with Crippen LogP contribution < -0.4 is 10.2 Å². The molecule has 1 aliphatic rings. The number of hydrogen-bond acceptors (Lipinski definition) is 3. The predicted octanol–water partition coefficient (Wildman–Crippen LogP) is 2.69. The van der Waals surface area contributed by atoms with Gasteiger partial charge in [-0.25, -0.2) is 4.39 Å². The summed E-state index contributed by atoms with van der Waals surface area (Å²) in [5.74, 6) is -0.654. The van der Waals surface area contributed by atoms with E-state index >= 15 is 0 Å². The molecule has 5 nitrogen and oxygen atoms in total. The first kappa shape index (κ1) is 19.6. The summed E-state index contributed by atoms with van der Waals surface area (Å²) >= 11 is 0. The van der Waals surface area contributed by atoms with E-state index in [1.54, 1.807) is 30.0 Å². The van der Waals surface area contributed by atoms with E-state index in [1.165, 1.54) is 18.2 Å². The van der Waals surface area contributed by atoms with Gasteiger partial charge in [0.25, 0.3) is 0 Å². The Balaban J connectivity index is 1.48. The zero-order valence-electron chi connectivity index (χ0n) is 15.8. The topological polar surface area (TPSA) is 52.7 Å². The monoisotopic (exact) mass is 381 g/mol. The Kier molecular flexibility index (Phi) is 6.42. The van der Waals surface area contributed by atoms with E-state index in [9.17, 15) is 14.0 Å². The Labute approximate surface area is 164 Å². The highest BCUT2D eigenvalue weighted by atomic mass is 19.1. The van der Waals surface area contributed by atoms with Crippen LogP contribution in [0.15, 0.2) is 60.7 Å². The molecule has 1 heterocycles. The Hall–Kier alpha value is -3.15. The maximum Gasteiger partial charge on any atom is 0.244 e. The van der Waals surface area contributed by atoms with Gasteiger partial charge < -0.3 is 15.1 Å². The van der Waals surface area contributed by atoms with E-state index in [-0.39, 0.29) is 17.6 Å². The minimum absolute atomic E-state index is 0.0970. The molecule has 0 aliphatic carbocycles. The number of carbonyl (C=O) groups excluding carboxylic acids is 2. The number of amides is 2. The van der Waals surface area contributed by atoms with Gasteiger partial charge in [0, 0.05) is 37.9 Å². The van der Waals surface area contributed by atoms with Gasteiger partial charge in [-0.3, -0.25) is 9.59 Å². The van der Waals surface area contributed by atoms with Crippen molar-refractivity contribution in [3.05, 3.63) is 72.1 Å². The smallest absolute Gasteiger partial charge is 0.244 e. The van der Waals surface area contributed by atoms with Gasteiger partial charge in [0.15, 0.2) is 0 Å². The number of anilines is 1. The van der Waals surface area contributed by atoms with Crippen LogP contribution in [0.3, 0.4) is 0 Å². The second-order valence-electron chi connectivity index (χ2n) is 6.76. The quantitative estimate of drug-likeness (QED) is 0.811. The van der Waals surface area contributed by atoms with Gasteiger partial charge >= 0.3 is 0 Å². The maximum atomic E-state index is 13.1. The van der Waals surface area contributed by atoms with Crippen LogP contribution in [0.2, 0.25) is 0 Å². The third-order valence-corrected chi connectivity index (χ3v) is 4.74. The fourth-order valence-electron chi connectivity index (χ4n) is 3.17. The average molecular weight is 381 g/mol. The summed E-state index contributed by atoms with van der Waals surface area (Å²) < 4.78 is 13.1. The molecule has 0 aromatic heterocycles. The van der Waals surface area contributed by atoms with Crippen molar-refractivity contribution in [2.24, 2.45) is 0 Å². The predicted molar refractivity (Wildman–Crippen MR) is 108 cm³/mol. The molecular weight excluding hydrogens is 357 g/mol. The molecule has 0 saturated carbocycles. The van der Waals surface area contributed by atoms with Gasteiger partial charge in [-0.1, -0.05) is 30.3 Å². The number of carbonyl (C=O) groups is 2. The summed E-state index contributed by atoms with van der Waals surface area (Å²) in [6.07, 6.45) is 3.15. The molecule has 28 heavy (non-hydrogen) atoms. The normalized spacial score (nSPS) is 15.5. The SMILES string of the molecule is CC(NC(=O)/C=C/c1ccccc1)C(=O)N1CCN(c2ccc(F)cc2)CC1. The van der Waals surface area contributed by atoms with Crippen molar-refractivity contribution in [3.8, 4) is 0 Å². The number of piperazine rings is 1. The Bertz CT molecular complexity index is 829. The molecule has 146 valence electrons. The van der Waals surface area contributed by atoms with Crippen LogP contribution in [-0.2, 0) is 9.59 Å². The fourth-order valence-corrected chi connectivity index (χ4v) is 3.17. The van der Waals surface area contributed by atoms with Crippen molar-refractivity contribution < 1.29 is 14.0 Å². The molecule has 6 heteroatoms. The molecule has 1 atom stereocenters. The van der Waals surface area contributed by atoms with Gasteiger partial charge in [0.2, 0.25) is 11.8 Å². The third-order valence-electron chi connectivity index (χ3n) is 4.74.